The molecule has 0 amide bonds. The van der Waals surface area contributed by atoms with Gasteiger partial charge in [0.1, 0.15) is 4.90 Å². The molecule has 106 valence electrons. The molecule has 0 aromatic heterocycles. The SMILES string of the molecule is O=S(=O)(NC1C[C@@H](O)[C@@H](O)C1)c1cccc(Cl)c1F. The quantitative estimate of drug-likeness (QED) is 0.765. The Bertz CT molecular complexity index is 570. The van der Waals surface area contributed by atoms with E-state index in [4.69, 9.17) is 11.6 Å². The van der Waals surface area contributed by atoms with Gasteiger partial charge in [0.25, 0.3) is 0 Å². The van der Waals surface area contributed by atoms with E-state index in [0.717, 1.165) is 6.07 Å². The number of aliphatic hydroxyl groups excluding tert-OH is 2. The van der Waals surface area contributed by atoms with E-state index in [1.54, 1.807) is 0 Å². The molecule has 1 aliphatic rings. The highest BCUT2D eigenvalue weighted by Gasteiger charge is 2.34. The van der Waals surface area contributed by atoms with Gasteiger partial charge < -0.3 is 10.2 Å². The Hall–Kier alpha value is -0.730. The zero-order valence-corrected chi connectivity index (χ0v) is 11.3. The first kappa shape index (κ1) is 14.7. The van der Waals surface area contributed by atoms with E-state index in [2.05, 4.69) is 4.72 Å². The van der Waals surface area contributed by atoms with Gasteiger partial charge in [-0.1, -0.05) is 17.7 Å². The van der Waals surface area contributed by atoms with Crippen LogP contribution in [0, 0.1) is 5.82 Å². The standard InChI is InChI=1S/C11H13ClFNO4S/c12-7-2-1-3-10(11(7)13)19(17,18)14-6-4-8(15)9(16)5-6/h1-3,6,8-9,14-16H,4-5H2/t6?,8-,9+. The summed E-state index contributed by atoms with van der Waals surface area (Å²) < 4.78 is 39.9. The van der Waals surface area contributed by atoms with Crippen LogP contribution in [0.4, 0.5) is 4.39 Å². The summed E-state index contributed by atoms with van der Waals surface area (Å²) >= 11 is 5.54. The number of hydrogen-bond donors (Lipinski definition) is 3. The lowest BCUT2D eigenvalue weighted by molar-refractivity contribution is 0.0438. The predicted octanol–water partition coefficient (Wildman–Crippen LogP) is 0.642. The van der Waals surface area contributed by atoms with Crippen molar-refractivity contribution in [2.45, 2.75) is 36.0 Å². The van der Waals surface area contributed by atoms with E-state index in [9.17, 15) is 23.0 Å². The molecule has 1 fully saturated rings. The number of hydrogen-bond acceptors (Lipinski definition) is 4. The van der Waals surface area contributed by atoms with E-state index < -0.39 is 39.0 Å². The summed E-state index contributed by atoms with van der Waals surface area (Å²) in [5.41, 5.74) is 0. The van der Waals surface area contributed by atoms with Gasteiger partial charge in [-0.3, -0.25) is 0 Å². The largest absolute Gasteiger partial charge is 0.390 e. The molecule has 19 heavy (non-hydrogen) atoms. The molecule has 0 heterocycles. The average Bonchev–Trinajstić information content (AvgIpc) is 2.60. The van der Waals surface area contributed by atoms with Gasteiger partial charge in [0.15, 0.2) is 5.82 Å². The van der Waals surface area contributed by atoms with Gasteiger partial charge in [-0.15, -0.1) is 0 Å². The summed E-state index contributed by atoms with van der Waals surface area (Å²) in [4.78, 5) is -0.545. The lowest BCUT2D eigenvalue weighted by atomic mass is 10.3. The maximum atomic E-state index is 13.7. The lowest BCUT2D eigenvalue weighted by Crippen LogP contribution is -2.34. The minimum absolute atomic E-state index is 0.0859. The Morgan fingerprint density at radius 2 is 1.84 bits per heavy atom. The van der Waals surface area contributed by atoms with Crippen molar-refractivity contribution in [2.24, 2.45) is 0 Å². The van der Waals surface area contributed by atoms with Gasteiger partial charge in [0.05, 0.1) is 17.2 Å². The van der Waals surface area contributed by atoms with Crippen molar-refractivity contribution >= 4 is 21.6 Å². The number of halogens is 2. The van der Waals surface area contributed by atoms with Crippen LogP contribution in [0.5, 0.6) is 0 Å². The Morgan fingerprint density at radius 1 is 1.26 bits per heavy atom. The highest BCUT2D eigenvalue weighted by atomic mass is 35.5. The van der Waals surface area contributed by atoms with Crippen molar-refractivity contribution in [3.63, 3.8) is 0 Å². The molecule has 0 bridgehead atoms. The molecule has 1 aliphatic carbocycles. The van der Waals surface area contributed by atoms with Gasteiger partial charge in [-0.05, 0) is 25.0 Å². The molecular weight excluding hydrogens is 297 g/mol. The van der Waals surface area contributed by atoms with Gasteiger partial charge >= 0.3 is 0 Å². The van der Waals surface area contributed by atoms with Crippen LogP contribution in [-0.4, -0.2) is 36.9 Å². The highest BCUT2D eigenvalue weighted by Crippen LogP contribution is 2.25. The molecule has 3 N–H and O–H groups in total. The first-order valence-corrected chi connectivity index (χ1v) is 7.50. The molecule has 2 rings (SSSR count). The van der Waals surface area contributed by atoms with Crippen molar-refractivity contribution in [3.8, 4) is 0 Å². The van der Waals surface area contributed by atoms with Crippen molar-refractivity contribution in [3.05, 3.63) is 29.0 Å². The second-order valence-corrected chi connectivity index (χ2v) is 6.57. The molecule has 0 radical (unpaired) electrons. The van der Waals surface area contributed by atoms with Gasteiger partial charge in [-0.25, -0.2) is 17.5 Å². The van der Waals surface area contributed by atoms with E-state index >= 15 is 0 Å². The fourth-order valence-corrected chi connectivity index (χ4v) is 3.66. The minimum atomic E-state index is -4.08. The molecule has 1 aromatic carbocycles. The van der Waals surface area contributed by atoms with Gasteiger partial charge in [0.2, 0.25) is 10.0 Å². The molecule has 1 unspecified atom stereocenters. The Balaban J connectivity index is 2.22. The number of nitrogens with one attached hydrogen (secondary N) is 1. The van der Waals surface area contributed by atoms with E-state index in [1.807, 2.05) is 0 Å². The Kier molecular flexibility index (Phi) is 4.12. The smallest absolute Gasteiger partial charge is 0.243 e. The van der Waals surface area contributed by atoms with Crippen molar-refractivity contribution < 1.29 is 23.0 Å². The van der Waals surface area contributed by atoms with E-state index in [1.165, 1.54) is 12.1 Å². The fourth-order valence-electron chi connectivity index (χ4n) is 2.06. The van der Waals surface area contributed by atoms with Crippen LogP contribution in [0.2, 0.25) is 5.02 Å². The monoisotopic (exact) mass is 309 g/mol. The molecular formula is C11H13ClFNO4S. The maximum Gasteiger partial charge on any atom is 0.243 e. The zero-order chi connectivity index (χ0) is 14.2. The van der Waals surface area contributed by atoms with E-state index in [0.29, 0.717) is 0 Å². The molecule has 0 saturated heterocycles. The Morgan fingerprint density at radius 3 is 2.42 bits per heavy atom. The average molecular weight is 310 g/mol. The predicted molar refractivity (Wildman–Crippen MR) is 66.8 cm³/mol. The highest BCUT2D eigenvalue weighted by molar-refractivity contribution is 7.89. The summed E-state index contributed by atoms with van der Waals surface area (Å²) in [6.07, 6.45) is -1.78. The molecule has 0 spiro atoms. The fraction of sp³-hybridized carbons (Fsp3) is 0.455. The second kappa shape index (κ2) is 5.34. The van der Waals surface area contributed by atoms with Crippen molar-refractivity contribution in [1.29, 1.82) is 0 Å². The normalized spacial score (nSPS) is 27.7. The third-order valence-electron chi connectivity index (χ3n) is 3.02. The summed E-state index contributed by atoms with van der Waals surface area (Å²) in [5, 5.41) is 18.4. The van der Waals surface area contributed by atoms with Gasteiger partial charge in [0, 0.05) is 6.04 Å². The van der Waals surface area contributed by atoms with Crippen LogP contribution in [0.1, 0.15) is 12.8 Å². The van der Waals surface area contributed by atoms with Crippen LogP contribution < -0.4 is 4.72 Å². The summed E-state index contributed by atoms with van der Waals surface area (Å²) in [5.74, 6) is -1.02. The Labute approximate surface area is 115 Å². The lowest BCUT2D eigenvalue weighted by Gasteiger charge is -2.13. The second-order valence-electron chi connectivity index (χ2n) is 4.48. The third kappa shape index (κ3) is 3.06. The molecule has 1 aromatic rings. The van der Waals surface area contributed by atoms with Crippen LogP contribution in [0.15, 0.2) is 23.1 Å². The first-order valence-electron chi connectivity index (χ1n) is 5.63. The number of benzene rings is 1. The van der Waals surface area contributed by atoms with Crippen molar-refractivity contribution in [1.82, 2.24) is 4.72 Å². The van der Waals surface area contributed by atoms with Crippen LogP contribution in [0.3, 0.4) is 0 Å². The summed E-state index contributed by atoms with van der Waals surface area (Å²) in [6.45, 7) is 0. The number of rotatable bonds is 3. The third-order valence-corrected chi connectivity index (χ3v) is 4.85. The summed E-state index contributed by atoms with van der Waals surface area (Å²) in [7, 11) is -4.08. The minimum Gasteiger partial charge on any atom is -0.390 e. The topological polar surface area (TPSA) is 86.6 Å². The molecule has 1 saturated carbocycles. The van der Waals surface area contributed by atoms with Crippen LogP contribution in [-0.2, 0) is 10.0 Å². The number of aliphatic hydroxyl groups is 2. The molecule has 5 nitrogen and oxygen atoms in total. The van der Waals surface area contributed by atoms with E-state index in [-0.39, 0.29) is 17.9 Å². The summed E-state index contributed by atoms with van der Waals surface area (Å²) in [6, 6.07) is 3.05. The van der Waals surface area contributed by atoms with Crippen LogP contribution >= 0.6 is 11.6 Å². The van der Waals surface area contributed by atoms with Gasteiger partial charge in [-0.2, -0.15) is 0 Å². The molecule has 8 heteroatoms. The maximum absolute atomic E-state index is 13.7. The molecule has 3 atom stereocenters. The number of sulfonamides is 1. The van der Waals surface area contributed by atoms with Crippen LogP contribution in [0.25, 0.3) is 0 Å². The zero-order valence-electron chi connectivity index (χ0n) is 9.75. The first-order chi connectivity index (χ1) is 8.81. The van der Waals surface area contributed by atoms with Crippen molar-refractivity contribution in [2.75, 3.05) is 0 Å². The molecule has 0 aliphatic heterocycles.